The molecule has 5 heteroatoms. The lowest BCUT2D eigenvalue weighted by Crippen LogP contribution is -2.35. The van der Waals surface area contributed by atoms with Crippen molar-refractivity contribution in [2.45, 2.75) is 44.4 Å². The van der Waals surface area contributed by atoms with Gasteiger partial charge in [0.2, 0.25) is 5.91 Å². The first kappa shape index (κ1) is 16.8. The van der Waals surface area contributed by atoms with Gasteiger partial charge in [-0.25, -0.2) is 0 Å². The summed E-state index contributed by atoms with van der Waals surface area (Å²) in [5, 5.41) is 8.73. The number of carbonyl (C=O) groups excluding carboxylic acids is 1. The van der Waals surface area contributed by atoms with Crippen LogP contribution in [0.25, 0.3) is 0 Å². The molecule has 2 aliphatic rings. The molecule has 0 aromatic carbocycles. The number of rotatable bonds is 4. The zero-order chi connectivity index (χ0) is 13.8. The maximum absolute atomic E-state index is 12.4. The summed E-state index contributed by atoms with van der Waals surface area (Å²) in [5.41, 5.74) is 1.29. The number of hydrogen-bond acceptors (Lipinski definition) is 3. The third kappa shape index (κ3) is 4.21. The van der Waals surface area contributed by atoms with E-state index in [2.05, 4.69) is 22.1 Å². The van der Waals surface area contributed by atoms with Gasteiger partial charge >= 0.3 is 0 Å². The summed E-state index contributed by atoms with van der Waals surface area (Å²) >= 11 is 1.80. The van der Waals surface area contributed by atoms with Gasteiger partial charge in [-0.3, -0.25) is 4.79 Å². The van der Waals surface area contributed by atoms with Gasteiger partial charge in [0.15, 0.2) is 0 Å². The molecule has 1 amide bonds. The number of piperidine rings is 1. The number of carbonyl (C=O) groups is 1. The van der Waals surface area contributed by atoms with Crippen LogP contribution in [0, 0.1) is 5.92 Å². The Balaban J connectivity index is 0.00000161. The van der Waals surface area contributed by atoms with Crippen molar-refractivity contribution in [2.75, 3.05) is 19.6 Å². The van der Waals surface area contributed by atoms with Gasteiger partial charge in [-0.15, -0.1) is 23.7 Å². The summed E-state index contributed by atoms with van der Waals surface area (Å²) in [5.74, 6) is 1.09. The highest BCUT2D eigenvalue weighted by atomic mass is 35.5. The standard InChI is InChI=1S/C16H24N2OS.ClH/c19-16(18-9-6-12-3-2-8-17-11-12)14-4-1-5-15-13(14)7-10-20-15;/h7,10,12,14,17H,1-6,8-9,11H2,(H,18,19);1H. The number of halogens is 1. The molecule has 0 spiro atoms. The topological polar surface area (TPSA) is 41.1 Å². The summed E-state index contributed by atoms with van der Waals surface area (Å²) in [7, 11) is 0. The van der Waals surface area contributed by atoms with Crippen LogP contribution < -0.4 is 10.6 Å². The summed E-state index contributed by atoms with van der Waals surface area (Å²) in [6.07, 6.45) is 7.02. The van der Waals surface area contributed by atoms with Gasteiger partial charge in [-0.2, -0.15) is 0 Å². The molecule has 1 fully saturated rings. The van der Waals surface area contributed by atoms with Crippen molar-refractivity contribution in [1.29, 1.82) is 0 Å². The van der Waals surface area contributed by atoms with E-state index >= 15 is 0 Å². The zero-order valence-corrected chi connectivity index (χ0v) is 14.0. The molecule has 2 heterocycles. The van der Waals surface area contributed by atoms with Crippen LogP contribution in [0.4, 0.5) is 0 Å². The van der Waals surface area contributed by atoms with Gasteiger partial charge < -0.3 is 10.6 Å². The second-order valence-corrected chi connectivity index (χ2v) is 7.04. The van der Waals surface area contributed by atoms with Crippen LogP contribution in [-0.4, -0.2) is 25.5 Å². The predicted molar refractivity (Wildman–Crippen MR) is 90.5 cm³/mol. The molecule has 1 aromatic heterocycles. The van der Waals surface area contributed by atoms with Crippen molar-refractivity contribution in [3.63, 3.8) is 0 Å². The quantitative estimate of drug-likeness (QED) is 0.891. The molecule has 2 unspecified atom stereocenters. The lowest BCUT2D eigenvalue weighted by molar-refractivity contribution is -0.122. The Bertz CT molecular complexity index is 457. The van der Waals surface area contributed by atoms with E-state index in [0.29, 0.717) is 0 Å². The van der Waals surface area contributed by atoms with E-state index in [1.807, 2.05) is 0 Å². The fourth-order valence-electron chi connectivity index (χ4n) is 3.45. The minimum Gasteiger partial charge on any atom is -0.356 e. The predicted octanol–water partition coefficient (Wildman–Crippen LogP) is 3.10. The summed E-state index contributed by atoms with van der Waals surface area (Å²) < 4.78 is 0. The first-order valence-electron chi connectivity index (χ1n) is 7.89. The number of hydrogen-bond donors (Lipinski definition) is 2. The summed E-state index contributed by atoms with van der Waals surface area (Å²) in [6.45, 7) is 3.11. The maximum atomic E-state index is 12.4. The Morgan fingerprint density at radius 3 is 3.10 bits per heavy atom. The SMILES string of the molecule is Cl.O=C(NCCC1CCCNC1)C1CCCc2sccc21. The molecule has 118 valence electrons. The lowest BCUT2D eigenvalue weighted by atomic mass is 9.87. The van der Waals surface area contributed by atoms with Gasteiger partial charge in [0.1, 0.15) is 0 Å². The van der Waals surface area contributed by atoms with Gasteiger partial charge in [0.25, 0.3) is 0 Å². The maximum Gasteiger partial charge on any atom is 0.227 e. The Kier molecular flexibility index (Phi) is 6.52. The van der Waals surface area contributed by atoms with Crippen LogP contribution in [0.15, 0.2) is 11.4 Å². The highest BCUT2D eigenvalue weighted by Crippen LogP contribution is 2.34. The second kappa shape index (κ2) is 8.16. The molecule has 3 rings (SSSR count). The third-order valence-electron chi connectivity index (χ3n) is 4.62. The first-order valence-corrected chi connectivity index (χ1v) is 8.77. The summed E-state index contributed by atoms with van der Waals surface area (Å²) in [6, 6.07) is 2.15. The van der Waals surface area contributed by atoms with Crippen LogP contribution in [0.5, 0.6) is 0 Å². The van der Waals surface area contributed by atoms with Crippen molar-refractivity contribution < 1.29 is 4.79 Å². The molecule has 2 atom stereocenters. The third-order valence-corrected chi connectivity index (χ3v) is 5.62. The number of thiophene rings is 1. The molecular weight excluding hydrogens is 304 g/mol. The monoisotopic (exact) mass is 328 g/mol. The molecular formula is C16H25ClN2OS. The van der Waals surface area contributed by atoms with Gasteiger partial charge in [-0.1, -0.05) is 0 Å². The van der Waals surface area contributed by atoms with Crippen LogP contribution >= 0.6 is 23.7 Å². The Morgan fingerprint density at radius 1 is 1.38 bits per heavy atom. The molecule has 1 aromatic rings. The molecule has 0 saturated carbocycles. The van der Waals surface area contributed by atoms with Crippen molar-refractivity contribution in [3.8, 4) is 0 Å². The molecule has 21 heavy (non-hydrogen) atoms. The van der Waals surface area contributed by atoms with Crippen molar-refractivity contribution in [3.05, 3.63) is 21.9 Å². The number of nitrogens with one attached hydrogen (secondary N) is 2. The minimum absolute atomic E-state index is 0. The first-order chi connectivity index (χ1) is 9.84. The van der Waals surface area contributed by atoms with Gasteiger partial charge in [0, 0.05) is 11.4 Å². The van der Waals surface area contributed by atoms with Gasteiger partial charge in [-0.05, 0) is 74.5 Å². The highest BCUT2D eigenvalue weighted by molar-refractivity contribution is 7.10. The van der Waals surface area contributed by atoms with E-state index in [4.69, 9.17) is 0 Å². The van der Waals surface area contributed by atoms with E-state index in [1.165, 1.54) is 23.3 Å². The smallest absolute Gasteiger partial charge is 0.227 e. The Hall–Kier alpha value is -0.580. The molecule has 2 N–H and O–H groups in total. The fourth-order valence-corrected chi connectivity index (χ4v) is 4.44. The lowest BCUT2D eigenvalue weighted by Gasteiger charge is -2.24. The number of amides is 1. The highest BCUT2D eigenvalue weighted by Gasteiger charge is 2.27. The average molecular weight is 329 g/mol. The van der Waals surface area contributed by atoms with Crippen LogP contribution in [0.2, 0.25) is 0 Å². The molecule has 1 saturated heterocycles. The Morgan fingerprint density at radius 2 is 2.29 bits per heavy atom. The average Bonchev–Trinajstić information content (AvgIpc) is 2.96. The van der Waals surface area contributed by atoms with Crippen molar-refractivity contribution in [2.24, 2.45) is 5.92 Å². The molecule has 1 aliphatic heterocycles. The molecule has 3 nitrogen and oxygen atoms in total. The minimum atomic E-state index is 0. The van der Waals surface area contributed by atoms with E-state index in [0.717, 1.165) is 51.2 Å². The van der Waals surface area contributed by atoms with Crippen molar-refractivity contribution >= 4 is 29.7 Å². The van der Waals surface area contributed by atoms with E-state index in [-0.39, 0.29) is 24.2 Å². The van der Waals surface area contributed by atoms with E-state index in [9.17, 15) is 4.79 Å². The Labute approximate surface area is 137 Å². The van der Waals surface area contributed by atoms with Crippen LogP contribution in [0.1, 0.15) is 48.5 Å². The summed E-state index contributed by atoms with van der Waals surface area (Å²) in [4.78, 5) is 13.8. The van der Waals surface area contributed by atoms with Crippen LogP contribution in [0.3, 0.4) is 0 Å². The molecule has 0 bridgehead atoms. The largest absolute Gasteiger partial charge is 0.356 e. The van der Waals surface area contributed by atoms with E-state index < -0.39 is 0 Å². The zero-order valence-electron chi connectivity index (χ0n) is 12.4. The normalized spacial score (nSPS) is 24.8. The van der Waals surface area contributed by atoms with Gasteiger partial charge in [0.05, 0.1) is 5.92 Å². The molecule has 0 radical (unpaired) electrons. The van der Waals surface area contributed by atoms with Crippen molar-refractivity contribution in [1.82, 2.24) is 10.6 Å². The second-order valence-electron chi connectivity index (χ2n) is 6.04. The van der Waals surface area contributed by atoms with Crippen LogP contribution in [-0.2, 0) is 11.2 Å². The number of fused-ring (bicyclic) bond motifs is 1. The molecule has 1 aliphatic carbocycles. The van der Waals surface area contributed by atoms with E-state index in [1.54, 1.807) is 11.3 Å². The fraction of sp³-hybridized carbons (Fsp3) is 0.688. The number of aryl methyl sites for hydroxylation is 1.